The molecule has 1 aliphatic heterocycles. The lowest BCUT2D eigenvalue weighted by Crippen LogP contribution is -2.43. The van der Waals surface area contributed by atoms with E-state index >= 15 is 0 Å². The molecule has 12 heteroatoms. The van der Waals surface area contributed by atoms with Gasteiger partial charge in [0.15, 0.2) is 0 Å². The van der Waals surface area contributed by atoms with Gasteiger partial charge in [-0.3, -0.25) is 4.79 Å². The molecule has 39 heavy (non-hydrogen) atoms. The second kappa shape index (κ2) is 11.6. The third-order valence-corrected chi connectivity index (χ3v) is 6.23. The van der Waals surface area contributed by atoms with Crippen LogP contribution in [0.4, 0.5) is 24.8 Å². The molecule has 1 fully saturated rings. The van der Waals surface area contributed by atoms with Gasteiger partial charge < -0.3 is 30.1 Å². The minimum absolute atomic E-state index is 0.0627. The van der Waals surface area contributed by atoms with Crippen LogP contribution < -0.4 is 20.1 Å². The van der Waals surface area contributed by atoms with E-state index in [0.717, 1.165) is 25.9 Å². The van der Waals surface area contributed by atoms with Crippen LogP contribution in [0.2, 0.25) is 0 Å². The first-order valence-corrected chi connectivity index (χ1v) is 12.1. The van der Waals surface area contributed by atoms with Crippen molar-refractivity contribution < 1.29 is 32.5 Å². The number of aliphatic hydroxyl groups is 1. The molecule has 1 amide bonds. The third kappa shape index (κ3) is 6.96. The number of hydrogen-bond donors (Lipinski definition) is 3. The zero-order chi connectivity index (χ0) is 28.2. The summed E-state index contributed by atoms with van der Waals surface area (Å²) in [4.78, 5) is 22.7. The largest absolute Gasteiger partial charge is 0.508 e. The van der Waals surface area contributed by atoms with Gasteiger partial charge in [0.1, 0.15) is 22.8 Å². The molecule has 0 unspecified atom stereocenters. The Morgan fingerprint density at radius 3 is 2.41 bits per heavy atom. The summed E-state index contributed by atoms with van der Waals surface area (Å²) in [5, 5.41) is 15.3. The van der Waals surface area contributed by atoms with Gasteiger partial charge in [-0.05, 0) is 75.4 Å². The van der Waals surface area contributed by atoms with Gasteiger partial charge in [0.05, 0.1) is 12.8 Å². The normalized spacial score (nSPS) is 14.5. The van der Waals surface area contributed by atoms with Crippen molar-refractivity contribution >= 4 is 23.3 Å². The number of amides is 1. The number of rotatable bonds is 8. The number of hydrogen-bond acceptors (Lipinski definition) is 8. The molecule has 3 N–H and O–H groups in total. The Hall–Kier alpha value is -4.32. The van der Waals surface area contributed by atoms with Crippen molar-refractivity contribution in [2.45, 2.75) is 25.1 Å². The standard InChI is InChI=1S/C27H28F3N5O4/c1-16(36)17-4-7-20(8-5-17)39-25-21(27(28,29)30)15-31-26(34-25)33-22-9-6-18(14-23(22)38-3)24(37)32-19-10-12-35(2)13-11-19/h4-9,14-15,19,36H,1,10-13H2,2-3H3,(H,32,37)(H,31,33,34). The Kier molecular flexibility index (Phi) is 8.24. The number of likely N-dealkylation sites (tertiary alicyclic amines) is 1. The number of carbonyl (C=O) groups is 1. The molecular formula is C27H28F3N5O4. The Morgan fingerprint density at radius 1 is 1.13 bits per heavy atom. The second-order valence-electron chi connectivity index (χ2n) is 9.07. The summed E-state index contributed by atoms with van der Waals surface area (Å²) in [6.45, 7) is 5.20. The van der Waals surface area contributed by atoms with Crippen molar-refractivity contribution in [1.82, 2.24) is 20.2 Å². The van der Waals surface area contributed by atoms with Gasteiger partial charge in [0.25, 0.3) is 5.91 Å². The van der Waals surface area contributed by atoms with E-state index < -0.39 is 17.6 Å². The predicted molar refractivity (Wildman–Crippen MR) is 139 cm³/mol. The molecule has 0 atom stereocenters. The van der Waals surface area contributed by atoms with Crippen LogP contribution in [0.3, 0.4) is 0 Å². The molecule has 0 radical (unpaired) electrons. The fourth-order valence-electron chi connectivity index (χ4n) is 4.00. The van der Waals surface area contributed by atoms with Gasteiger partial charge in [0.2, 0.25) is 11.8 Å². The van der Waals surface area contributed by atoms with Crippen molar-refractivity contribution in [3.8, 4) is 17.4 Å². The van der Waals surface area contributed by atoms with Gasteiger partial charge in [0, 0.05) is 23.4 Å². The van der Waals surface area contributed by atoms with E-state index in [4.69, 9.17) is 9.47 Å². The topological polar surface area (TPSA) is 109 Å². The number of aliphatic hydroxyl groups excluding tert-OH is 1. The molecule has 2 heterocycles. The first kappa shape index (κ1) is 27.7. The molecule has 1 saturated heterocycles. The summed E-state index contributed by atoms with van der Waals surface area (Å²) in [5.74, 6) is -0.995. The molecule has 0 saturated carbocycles. The Labute approximate surface area is 223 Å². The van der Waals surface area contributed by atoms with Gasteiger partial charge in [-0.15, -0.1) is 0 Å². The number of halogens is 3. The summed E-state index contributed by atoms with van der Waals surface area (Å²) in [6, 6.07) is 10.4. The Bertz CT molecular complexity index is 1340. The maximum atomic E-state index is 13.6. The lowest BCUT2D eigenvalue weighted by Gasteiger charge is -2.29. The van der Waals surface area contributed by atoms with E-state index in [9.17, 15) is 23.1 Å². The molecule has 0 spiro atoms. The zero-order valence-electron chi connectivity index (χ0n) is 21.4. The predicted octanol–water partition coefficient (Wildman–Crippen LogP) is 5.39. The summed E-state index contributed by atoms with van der Waals surface area (Å²) in [5.41, 5.74) is -0.0665. The van der Waals surface area contributed by atoms with Gasteiger partial charge in [-0.2, -0.15) is 18.2 Å². The van der Waals surface area contributed by atoms with Crippen LogP contribution in [0, 0.1) is 0 Å². The van der Waals surface area contributed by atoms with Crippen molar-refractivity contribution in [1.29, 1.82) is 0 Å². The van der Waals surface area contributed by atoms with E-state index in [-0.39, 0.29) is 35.2 Å². The minimum Gasteiger partial charge on any atom is -0.508 e. The number of anilines is 2. The molecule has 3 aromatic rings. The lowest BCUT2D eigenvalue weighted by atomic mass is 10.0. The number of nitrogens with zero attached hydrogens (tertiary/aromatic N) is 3. The lowest BCUT2D eigenvalue weighted by molar-refractivity contribution is -0.139. The molecule has 0 aliphatic carbocycles. The maximum absolute atomic E-state index is 13.6. The zero-order valence-corrected chi connectivity index (χ0v) is 21.4. The molecule has 1 aliphatic rings. The summed E-state index contributed by atoms with van der Waals surface area (Å²) >= 11 is 0. The van der Waals surface area contributed by atoms with Crippen LogP contribution in [0.25, 0.3) is 5.76 Å². The van der Waals surface area contributed by atoms with Crippen LogP contribution >= 0.6 is 0 Å². The summed E-state index contributed by atoms with van der Waals surface area (Å²) < 4.78 is 51.7. The number of piperidine rings is 1. The number of nitrogens with one attached hydrogen (secondary N) is 2. The molecule has 0 bridgehead atoms. The maximum Gasteiger partial charge on any atom is 0.423 e. The number of aromatic nitrogens is 2. The van der Waals surface area contributed by atoms with Crippen LogP contribution in [-0.2, 0) is 6.18 Å². The highest BCUT2D eigenvalue weighted by atomic mass is 19.4. The van der Waals surface area contributed by atoms with Crippen molar-refractivity contribution in [3.63, 3.8) is 0 Å². The van der Waals surface area contributed by atoms with E-state index in [0.29, 0.717) is 23.0 Å². The first-order chi connectivity index (χ1) is 18.5. The number of methoxy groups -OCH3 is 1. The second-order valence-corrected chi connectivity index (χ2v) is 9.07. The van der Waals surface area contributed by atoms with Crippen molar-refractivity contribution in [3.05, 3.63) is 71.9 Å². The highest BCUT2D eigenvalue weighted by Crippen LogP contribution is 2.38. The minimum atomic E-state index is -4.77. The highest BCUT2D eigenvalue weighted by Gasteiger charge is 2.36. The summed E-state index contributed by atoms with van der Waals surface area (Å²) in [6.07, 6.45) is -2.44. The van der Waals surface area contributed by atoms with Crippen LogP contribution in [-0.4, -0.2) is 59.2 Å². The Morgan fingerprint density at radius 2 is 1.79 bits per heavy atom. The smallest absolute Gasteiger partial charge is 0.423 e. The Balaban J connectivity index is 1.54. The fraction of sp³-hybridized carbons (Fsp3) is 0.296. The average Bonchev–Trinajstić information content (AvgIpc) is 2.90. The van der Waals surface area contributed by atoms with Crippen LogP contribution in [0.1, 0.15) is 34.3 Å². The quantitative estimate of drug-likeness (QED) is 0.325. The first-order valence-electron chi connectivity index (χ1n) is 12.1. The van der Waals surface area contributed by atoms with Crippen molar-refractivity contribution in [2.24, 2.45) is 0 Å². The molecular weight excluding hydrogens is 515 g/mol. The van der Waals surface area contributed by atoms with E-state index in [1.807, 2.05) is 7.05 Å². The van der Waals surface area contributed by atoms with Gasteiger partial charge in [-0.25, -0.2) is 4.98 Å². The number of benzene rings is 2. The fourth-order valence-corrected chi connectivity index (χ4v) is 4.00. The molecule has 2 aromatic carbocycles. The monoisotopic (exact) mass is 543 g/mol. The van der Waals surface area contributed by atoms with Crippen LogP contribution in [0.15, 0.2) is 55.2 Å². The number of carbonyl (C=O) groups excluding carboxylic acids is 1. The van der Waals surface area contributed by atoms with E-state index in [2.05, 4.69) is 32.1 Å². The highest BCUT2D eigenvalue weighted by molar-refractivity contribution is 5.95. The third-order valence-electron chi connectivity index (χ3n) is 6.23. The van der Waals surface area contributed by atoms with E-state index in [1.54, 1.807) is 12.1 Å². The van der Waals surface area contributed by atoms with Gasteiger partial charge in [-0.1, -0.05) is 6.58 Å². The van der Waals surface area contributed by atoms with Gasteiger partial charge >= 0.3 is 6.18 Å². The summed E-state index contributed by atoms with van der Waals surface area (Å²) in [7, 11) is 3.45. The SMILES string of the molecule is C=C(O)c1ccc(Oc2nc(Nc3ccc(C(=O)NC4CCN(C)CC4)cc3OC)ncc2C(F)(F)F)cc1. The van der Waals surface area contributed by atoms with E-state index in [1.165, 1.54) is 37.4 Å². The van der Waals surface area contributed by atoms with Crippen molar-refractivity contribution in [2.75, 3.05) is 32.6 Å². The molecule has 206 valence electrons. The molecule has 4 rings (SSSR count). The average molecular weight is 544 g/mol. The number of ether oxygens (including phenoxy) is 2. The molecule has 9 nitrogen and oxygen atoms in total. The molecule has 1 aromatic heterocycles. The van der Waals surface area contributed by atoms with Crippen LogP contribution in [0.5, 0.6) is 17.4 Å². The number of alkyl halides is 3.